The molecular formula is C12H13AlN2. The number of aromatic nitrogens is 1. The Morgan fingerprint density at radius 3 is 3.13 bits per heavy atom. The number of aryl methyl sites for hydroxylation is 1. The summed E-state index contributed by atoms with van der Waals surface area (Å²) in [5.74, 6) is 0. The van der Waals surface area contributed by atoms with Crippen LogP contribution in [0, 0.1) is 6.92 Å². The van der Waals surface area contributed by atoms with E-state index in [9.17, 15) is 0 Å². The van der Waals surface area contributed by atoms with Crippen molar-refractivity contribution < 1.29 is 0 Å². The second kappa shape index (κ2) is 3.38. The van der Waals surface area contributed by atoms with Crippen molar-refractivity contribution in [1.29, 1.82) is 0 Å². The molecule has 0 fully saturated rings. The second-order valence-electron chi connectivity index (χ2n) is 4.25. The van der Waals surface area contributed by atoms with E-state index in [2.05, 4.69) is 51.7 Å². The van der Waals surface area contributed by atoms with Crippen LogP contribution in [-0.4, -0.2) is 27.8 Å². The van der Waals surface area contributed by atoms with Gasteiger partial charge in [-0.3, -0.25) is 0 Å². The molecule has 1 aromatic heterocycles. The lowest BCUT2D eigenvalue weighted by Crippen LogP contribution is -2.29. The van der Waals surface area contributed by atoms with Gasteiger partial charge in [-0.15, -0.1) is 0 Å². The average molecular weight is 212 g/mol. The van der Waals surface area contributed by atoms with Crippen molar-refractivity contribution in [3.05, 3.63) is 35.0 Å². The molecule has 2 heterocycles. The van der Waals surface area contributed by atoms with Gasteiger partial charge in [0.25, 0.3) is 0 Å². The predicted molar refractivity (Wildman–Crippen MR) is 63.2 cm³/mol. The van der Waals surface area contributed by atoms with Crippen molar-refractivity contribution >= 4 is 27.2 Å². The summed E-state index contributed by atoms with van der Waals surface area (Å²) in [6, 6.07) is 6.63. The summed E-state index contributed by atoms with van der Waals surface area (Å²) in [4.78, 5) is 3.89. The van der Waals surface area contributed by atoms with Crippen molar-refractivity contribution in [1.82, 2.24) is 10.3 Å². The van der Waals surface area contributed by atoms with Gasteiger partial charge in [-0.25, -0.2) is 0 Å². The molecule has 3 rings (SSSR count). The Balaban J connectivity index is 2.31. The number of fused-ring (bicyclic) bond motifs is 3. The van der Waals surface area contributed by atoms with Crippen LogP contribution in [0.4, 0.5) is 0 Å². The van der Waals surface area contributed by atoms with Gasteiger partial charge in [0, 0.05) is 16.6 Å². The van der Waals surface area contributed by atoms with Crippen LogP contribution in [0.2, 0.25) is 0 Å². The maximum absolute atomic E-state index is 3.51. The smallest absolute Gasteiger partial charge is 0.159 e. The van der Waals surface area contributed by atoms with Crippen LogP contribution in [0.3, 0.4) is 0 Å². The molecule has 0 spiro atoms. The van der Waals surface area contributed by atoms with Gasteiger partial charge in [0.05, 0.1) is 0 Å². The zero-order valence-electron chi connectivity index (χ0n) is 8.80. The molecule has 0 amide bonds. The van der Waals surface area contributed by atoms with Crippen LogP contribution >= 0.6 is 0 Å². The Kier molecular flexibility index (Phi) is 2.14. The highest BCUT2D eigenvalue weighted by molar-refractivity contribution is 6.12. The van der Waals surface area contributed by atoms with E-state index in [0.29, 0.717) is 4.90 Å². The third-order valence-electron chi connectivity index (χ3n) is 3.14. The molecule has 1 atom stereocenters. The molecule has 3 heteroatoms. The molecule has 2 N–H and O–H groups in total. The number of nitrogens with one attached hydrogen (secondary N) is 2. The fourth-order valence-electron chi connectivity index (χ4n) is 2.37. The SMILES string of the molecule is Cc1ccc2[nH]c3c(c2c1)CCN[CH]3[Al]. The number of H-pyrrole nitrogens is 1. The Morgan fingerprint density at radius 2 is 2.27 bits per heavy atom. The van der Waals surface area contributed by atoms with Crippen LogP contribution in [0.15, 0.2) is 18.2 Å². The Morgan fingerprint density at radius 1 is 1.40 bits per heavy atom. The summed E-state index contributed by atoms with van der Waals surface area (Å²) >= 11 is 2.85. The van der Waals surface area contributed by atoms with Crippen LogP contribution < -0.4 is 5.32 Å². The molecule has 1 aliphatic rings. The number of hydrogen-bond acceptors (Lipinski definition) is 1. The lowest BCUT2D eigenvalue weighted by atomic mass is 10.0. The topological polar surface area (TPSA) is 27.8 Å². The standard InChI is InChI=1S/C12H13N2.Al/c1-8-2-3-11-10(6-8)9-4-5-13-7-12(9)14-11;/h2-3,6-7,13-14H,4-5H2,1H3;. The van der Waals surface area contributed by atoms with E-state index in [-0.39, 0.29) is 0 Å². The average Bonchev–Trinajstić information content (AvgIpc) is 2.58. The first-order valence-corrected chi connectivity index (χ1v) is 6.02. The van der Waals surface area contributed by atoms with Gasteiger partial charge in [0.2, 0.25) is 0 Å². The number of hydrogen-bond donors (Lipinski definition) is 2. The van der Waals surface area contributed by atoms with Gasteiger partial charge in [-0.05, 0) is 42.5 Å². The summed E-state index contributed by atoms with van der Waals surface area (Å²) in [5, 5.41) is 4.85. The Labute approximate surface area is 97.5 Å². The summed E-state index contributed by atoms with van der Waals surface area (Å²) < 4.78 is 0. The molecule has 2 nitrogen and oxygen atoms in total. The van der Waals surface area contributed by atoms with Gasteiger partial charge in [-0.2, -0.15) is 0 Å². The highest BCUT2D eigenvalue weighted by atomic mass is 27.0. The molecular weight excluding hydrogens is 199 g/mol. The maximum atomic E-state index is 3.51. The quantitative estimate of drug-likeness (QED) is 0.640. The fourth-order valence-corrected chi connectivity index (χ4v) is 2.82. The zero-order chi connectivity index (χ0) is 10.4. The molecule has 0 saturated carbocycles. The van der Waals surface area contributed by atoms with E-state index < -0.39 is 0 Å². The van der Waals surface area contributed by atoms with Crippen LogP contribution in [0.25, 0.3) is 10.9 Å². The molecule has 1 aliphatic heterocycles. The minimum Gasteiger partial charge on any atom is -0.358 e. The highest BCUT2D eigenvalue weighted by Crippen LogP contribution is 2.29. The van der Waals surface area contributed by atoms with Gasteiger partial charge >= 0.3 is 0 Å². The third kappa shape index (κ3) is 1.43. The highest BCUT2D eigenvalue weighted by Gasteiger charge is 2.19. The fraction of sp³-hybridized carbons (Fsp3) is 0.333. The van der Waals surface area contributed by atoms with Crippen molar-refractivity contribution in [2.75, 3.05) is 6.54 Å². The zero-order valence-corrected chi connectivity index (χ0v) is 9.96. The minimum absolute atomic E-state index is 0.376. The Bertz CT molecular complexity index is 516. The number of benzene rings is 1. The molecule has 1 unspecified atom stereocenters. The van der Waals surface area contributed by atoms with Gasteiger partial charge < -0.3 is 10.3 Å². The van der Waals surface area contributed by atoms with Crippen LogP contribution in [-0.2, 0) is 6.42 Å². The van der Waals surface area contributed by atoms with Crippen molar-refractivity contribution in [3.8, 4) is 0 Å². The third-order valence-corrected chi connectivity index (χ3v) is 3.71. The van der Waals surface area contributed by atoms with Crippen molar-refractivity contribution in [2.24, 2.45) is 0 Å². The van der Waals surface area contributed by atoms with Crippen LogP contribution in [0.1, 0.15) is 21.7 Å². The van der Waals surface area contributed by atoms with Gasteiger partial charge in [0.15, 0.2) is 16.3 Å². The minimum atomic E-state index is 0.376. The molecule has 15 heavy (non-hydrogen) atoms. The van der Waals surface area contributed by atoms with E-state index in [4.69, 9.17) is 0 Å². The number of aromatic amines is 1. The molecule has 0 aliphatic carbocycles. The van der Waals surface area contributed by atoms with Crippen molar-refractivity contribution in [3.63, 3.8) is 0 Å². The second-order valence-corrected chi connectivity index (χ2v) is 4.91. The predicted octanol–water partition coefficient (Wildman–Crippen LogP) is 1.79. The normalized spacial score (nSPS) is 20.5. The van der Waals surface area contributed by atoms with E-state index in [1.54, 1.807) is 0 Å². The Hall–Kier alpha value is -0.748. The largest absolute Gasteiger partial charge is 0.358 e. The molecule has 2 aromatic rings. The molecule has 2 radical (unpaired) electrons. The first-order chi connectivity index (χ1) is 7.25. The van der Waals surface area contributed by atoms with E-state index in [1.165, 1.54) is 27.7 Å². The van der Waals surface area contributed by atoms with Crippen molar-refractivity contribution in [2.45, 2.75) is 18.2 Å². The lowest BCUT2D eigenvalue weighted by Gasteiger charge is -2.21. The number of rotatable bonds is 0. The first kappa shape index (κ1) is 9.48. The van der Waals surface area contributed by atoms with Gasteiger partial charge in [-0.1, -0.05) is 11.6 Å². The molecule has 1 aromatic carbocycles. The van der Waals surface area contributed by atoms with Crippen LogP contribution in [0.5, 0.6) is 0 Å². The summed E-state index contributed by atoms with van der Waals surface area (Å²) in [6.45, 7) is 3.22. The summed E-state index contributed by atoms with van der Waals surface area (Å²) in [7, 11) is 0. The summed E-state index contributed by atoms with van der Waals surface area (Å²) in [6.07, 6.45) is 1.13. The molecule has 0 saturated heterocycles. The lowest BCUT2D eigenvalue weighted by molar-refractivity contribution is 0.615. The summed E-state index contributed by atoms with van der Waals surface area (Å²) in [5.41, 5.74) is 5.43. The van der Waals surface area contributed by atoms with E-state index >= 15 is 0 Å². The molecule has 0 bridgehead atoms. The first-order valence-electron chi connectivity index (χ1n) is 5.36. The van der Waals surface area contributed by atoms with Gasteiger partial charge in [0.1, 0.15) is 0 Å². The van der Waals surface area contributed by atoms with E-state index in [1.807, 2.05) is 0 Å². The monoisotopic (exact) mass is 212 g/mol. The molecule has 74 valence electrons. The maximum Gasteiger partial charge on any atom is 0.159 e. The van der Waals surface area contributed by atoms with E-state index in [0.717, 1.165) is 13.0 Å².